The molecule has 3 N–H and O–H groups in total. The van der Waals surface area contributed by atoms with Crippen molar-refractivity contribution in [1.29, 1.82) is 10.5 Å². The number of hydrogen-bond acceptors (Lipinski definition) is 7. The van der Waals surface area contributed by atoms with Crippen molar-refractivity contribution in [3.8, 4) is 40.5 Å². The van der Waals surface area contributed by atoms with Gasteiger partial charge in [-0.3, -0.25) is 4.79 Å². The molecular formula is C17H16N4O4. The van der Waals surface area contributed by atoms with E-state index in [0.29, 0.717) is 29.4 Å². The van der Waals surface area contributed by atoms with E-state index in [2.05, 4.69) is 4.98 Å². The molecule has 2 rings (SSSR count). The minimum absolute atomic E-state index is 0.00980. The molecule has 8 nitrogen and oxygen atoms in total. The highest BCUT2D eigenvalue weighted by atomic mass is 16.5. The van der Waals surface area contributed by atoms with Gasteiger partial charge in [0.2, 0.25) is 5.75 Å². The van der Waals surface area contributed by atoms with Gasteiger partial charge in [-0.05, 0) is 24.6 Å². The van der Waals surface area contributed by atoms with Crippen LogP contribution in [0.2, 0.25) is 0 Å². The fraction of sp³-hybridized carbons (Fsp3) is 0.235. The molecule has 1 aromatic carbocycles. The summed E-state index contributed by atoms with van der Waals surface area (Å²) in [4.78, 5) is 14.4. The molecule has 8 heteroatoms. The Bertz CT molecular complexity index is 926. The average molecular weight is 340 g/mol. The maximum Gasteiger partial charge on any atom is 0.268 e. The number of nitrogens with one attached hydrogen (secondary N) is 1. The smallest absolute Gasteiger partial charge is 0.268 e. The summed E-state index contributed by atoms with van der Waals surface area (Å²) in [5.74, 6) is 0.935. The van der Waals surface area contributed by atoms with Gasteiger partial charge in [-0.2, -0.15) is 10.5 Å². The highest BCUT2D eigenvalue weighted by Crippen LogP contribution is 2.42. The Labute approximate surface area is 144 Å². The Morgan fingerprint density at radius 3 is 2.12 bits per heavy atom. The third-order valence-electron chi connectivity index (χ3n) is 3.51. The van der Waals surface area contributed by atoms with Gasteiger partial charge in [0.25, 0.3) is 5.56 Å². The van der Waals surface area contributed by atoms with Crippen LogP contribution in [0.4, 0.5) is 5.82 Å². The first-order valence-corrected chi connectivity index (χ1v) is 7.27. The molecule has 0 aliphatic carbocycles. The molecule has 0 saturated carbocycles. The molecule has 0 bridgehead atoms. The van der Waals surface area contributed by atoms with Crippen LogP contribution < -0.4 is 25.5 Å². The zero-order valence-corrected chi connectivity index (χ0v) is 14.0. The van der Waals surface area contributed by atoms with Crippen LogP contribution in [0.15, 0.2) is 16.9 Å². The normalized spacial score (nSPS) is 9.80. The van der Waals surface area contributed by atoms with Gasteiger partial charge in [0, 0.05) is 5.56 Å². The number of ether oxygens (including phenoxy) is 3. The summed E-state index contributed by atoms with van der Waals surface area (Å²) >= 11 is 0. The summed E-state index contributed by atoms with van der Waals surface area (Å²) in [5, 5.41) is 18.8. The number of pyridine rings is 1. The van der Waals surface area contributed by atoms with Crippen LogP contribution >= 0.6 is 0 Å². The number of H-pyrrole nitrogens is 1. The van der Waals surface area contributed by atoms with Crippen LogP contribution in [0.5, 0.6) is 17.2 Å². The second kappa shape index (κ2) is 7.28. The lowest BCUT2D eigenvalue weighted by Gasteiger charge is -2.16. The van der Waals surface area contributed by atoms with Gasteiger partial charge in [0.15, 0.2) is 11.5 Å². The molecule has 25 heavy (non-hydrogen) atoms. The SMILES string of the molecule is CCOc1c(OC)cc(-c2c(C#N)c(N)[nH]c(=O)c2C#N)cc1OC. The predicted octanol–water partition coefficient (Wildman–Crippen LogP) is 1.78. The summed E-state index contributed by atoms with van der Waals surface area (Å²) in [6.07, 6.45) is 0. The number of nitrogens with zero attached hydrogens (tertiary/aromatic N) is 2. The maximum absolute atomic E-state index is 12.1. The lowest BCUT2D eigenvalue weighted by molar-refractivity contribution is 0.288. The van der Waals surface area contributed by atoms with Crippen molar-refractivity contribution in [2.24, 2.45) is 0 Å². The van der Waals surface area contributed by atoms with Gasteiger partial charge >= 0.3 is 0 Å². The molecule has 0 aliphatic rings. The number of benzene rings is 1. The number of aromatic amines is 1. The van der Waals surface area contributed by atoms with E-state index < -0.39 is 5.56 Å². The van der Waals surface area contributed by atoms with Crippen molar-refractivity contribution in [3.05, 3.63) is 33.6 Å². The van der Waals surface area contributed by atoms with Crippen LogP contribution in [0.1, 0.15) is 18.1 Å². The van der Waals surface area contributed by atoms with Crippen molar-refractivity contribution in [2.45, 2.75) is 6.92 Å². The van der Waals surface area contributed by atoms with Gasteiger partial charge in [0.05, 0.1) is 20.8 Å². The zero-order valence-electron chi connectivity index (χ0n) is 14.0. The molecule has 2 aromatic rings. The first-order valence-electron chi connectivity index (χ1n) is 7.27. The van der Waals surface area contributed by atoms with E-state index in [1.165, 1.54) is 14.2 Å². The second-order valence-corrected chi connectivity index (χ2v) is 4.86. The van der Waals surface area contributed by atoms with Crippen LogP contribution in [0.25, 0.3) is 11.1 Å². The molecule has 1 heterocycles. The van der Waals surface area contributed by atoms with Crippen molar-refractivity contribution in [2.75, 3.05) is 26.6 Å². The number of nitrogen functional groups attached to an aromatic ring is 1. The van der Waals surface area contributed by atoms with E-state index in [0.717, 1.165) is 0 Å². The van der Waals surface area contributed by atoms with Gasteiger partial charge in [0.1, 0.15) is 29.1 Å². The fourth-order valence-corrected chi connectivity index (χ4v) is 2.44. The summed E-state index contributed by atoms with van der Waals surface area (Å²) in [7, 11) is 2.90. The predicted molar refractivity (Wildman–Crippen MR) is 90.6 cm³/mol. The van der Waals surface area contributed by atoms with E-state index in [4.69, 9.17) is 19.9 Å². The molecule has 0 atom stereocenters. The Morgan fingerprint density at radius 2 is 1.68 bits per heavy atom. The van der Waals surface area contributed by atoms with Crippen molar-refractivity contribution < 1.29 is 14.2 Å². The molecule has 0 fully saturated rings. The molecule has 0 aliphatic heterocycles. The van der Waals surface area contributed by atoms with Crippen LogP contribution in [-0.2, 0) is 0 Å². The number of nitriles is 2. The molecule has 0 unspecified atom stereocenters. The van der Waals surface area contributed by atoms with Gasteiger partial charge < -0.3 is 24.9 Å². The Balaban J connectivity index is 2.91. The first kappa shape index (κ1) is 17.7. The van der Waals surface area contributed by atoms with E-state index in [-0.39, 0.29) is 22.5 Å². The van der Waals surface area contributed by atoms with E-state index in [1.807, 2.05) is 19.1 Å². The third kappa shape index (κ3) is 3.06. The first-order chi connectivity index (χ1) is 12.0. The topological polar surface area (TPSA) is 134 Å². The zero-order chi connectivity index (χ0) is 18.6. The number of aromatic nitrogens is 1. The number of nitrogens with two attached hydrogens (primary N) is 1. The lowest BCUT2D eigenvalue weighted by atomic mass is 9.96. The van der Waals surface area contributed by atoms with E-state index in [1.54, 1.807) is 12.1 Å². The molecule has 0 saturated heterocycles. The maximum atomic E-state index is 12.1. The quantitative estimate of drug-likeness (QED) is 0.847. The summed E-state index contributed by atoms with van der Waals surface area (Å²) in [6.45, 7) is 2.20. The Morgan fingerprint density at radius 1 is 1.12 bits per heavy atom. The largest absolute Gasteiger partial charge is 0.493 e. The van der Waals surface area contributed by atoms with Gasteiger partial charge in [-0.1, -0.05) is 0 Å². The minimum Gasteiger partial charge on any atom is -0.493 e. The number of methoxy groups -OCH3 is 2. The molecular weight excluding hydrogens is 324 g/mol. The molecule has 128 valence electrons. The molecule has 0 spiro atoms. The molecule has 0 amide bonds. The molecule has 0 radical (unpaired) electrons. The third-order valence-corrected chi connectivity index (χ3v) is 3.51. The van der Waals surface area contributed by atoms with Crippen molar-refractivity contribution in [1.82, 2.24) is 4.98 Å². The van der Waals surface area contributed by atoms with Crippen LogP contribution in [0, 0.1) is 22.7 Å². The standard InChI is InChI=1S/C17H16N4O4/c1-4-25-15-12(23-2)5-9(6-13(15)24-3)14-10(7-18)16(20)21-17(22)11(14)8-19/h5-6H,4H2,1-3H3,(H3,20,21,22). The van der Waals surface area contributed by atoms with Crippen molar-refractivity contribution >= 4 is 5.82 Å². The fourth-order valence-electron chi connectivity index (χ4n) is 2.44. The summed E-state index contributed by atoms with van der Waals surface area (Å²) in [6, 6.07) is 6.85. The van der Waals surface area contributed by atoms with Crippen LogP contribution in [-0.4, -0.2) is 25.8 Å². The number of hydrogen-bond donors (Lipinski definition) is 2. The van der Waals surface area contributed by atoms with Crippen LogP contribution in [0.3, 0.4) is 0 Å². The second-order valence-electron chi connectivity index (χ2n) is 4.86. The minimum atomic E-state index is -0.680. The summed E-state index contributed by atoms with van der Waals surface area (Å²) < 4.78 is 16.2. The average Bonchev–Trinajstić information content (AvgIpc) is 2.61. The lowest BCUT2D eigenvalue weighted by Crippen LogP contribution is -2.16. The Hall–Kier alpha value is -3.65. The van der Waals surface area contributed by atoms with E-state index in [9.17, 15) is 15.3 Å². The Kier molecular flexibility index (Phi) is 5.15. The number of rotatable bonds is 5. The monoisotopic (exact) mass is 340 g/mol. The van der Waals surface area contributed by atoms with Gasteiger partial charge in [-0.25, -0.2) is 0 Å². The van der Waals surface area contributed by atoms with Gasteiger partial charge in [-0.15, -0.1) is 0 Å². The van der Waals surface area contributed by atoms with Crippen molar-refractivity contribution in [3.63, 3.8) is 0 Å². The molecule has 1 aromatic heterocycles. The summed E-state index contributed by atoms with van der Waals surface area (Å²) in [5.41, 5.74) is 5.32. The van der Waals surface area contributed by atoms with E-state index >= 15 is 0 Å². The highest BCUT2D eigenvalue weighted by molar-refractivity contribution is 5.82. The number of anilines is 1. The highest BCUT2D eigenvalue weighted by Gasteiger charge is 2.22.